The Labute approximate surface area is 129 Å². The predicted molar refractivity (Wildman–Crippen MR) is 88.8 cm³/mol. The van der Waals surface area contributed by atoms with E-state index in [4.69, 9.17) is 5.73 Å². The minimum atomic E-state index is -0.238. The van der Waals surface area contributed by atoms with Gasteiger partial charge >= 0.3 is 0 Å². The highest BCUT2D eigenvalue weighted by atomic mass is 32.2. The van der Waals surface area contributed by atoms with Crippen LogP contribution >= 0.6 is 11.8 Å². The third-order valence-electron chi connectivity index (χ3n) is 2.97. The lowest BCUT2D eigenvalue weighted by molar-refractivity contribution is 0.102. The van der Waals surface area contributed by atoms with Crippen LogP contribution in [-0.2, 0) is 0 Å². The number of amides is 1. The SMILES string of the molecule is CCCSc1ccc(N)c(NC(=O)c2ncccc2C)c1. The van der Waals surface area contributed by atoms with E-state index in [-0.39, 0.29) is 5.91 Å². The van der Waals surface area contributed by atoms with Gasteiger partial charge < -0.3 is 11.1 Å². The second-order valence-corrected chi connectivity index (χ2v) is 5.89. The molecule has 1 aromatic carbocycles. The number of pyridine rings is 1. The number of aryl methyl sites for hydroxylation is 1. The van der Waals surface area contributed by atoms with E-state index in [1.165, 1.54) is 0 Å². The van der Waals surface area contributed by atoms with E-state index in [0.29, 0.717) is 17.1 Å². The molecular weight excluding hydrogens is 282 g/mol. The Hall–Kier alpha value is -2.01. The molecule has 0 bridgehead atoms. The summed E-state index contributed by atoms with van der Waals surface area (Å²) in [5.41, 5.74) is 8.38. The Kier molecular flexibility index (Phi) is 5.22. The standard InChI is InChI=1S/C16H19N3OS/c1-3-9-21-12-6-7-13(17)14(10-12)19-16(20)15-11(2)5-4-8-18-15/h4-8,10H,3,9,17H2,1-2H3,(H,19,20). The van der Waals surface area contributed by atoms with Gasteiger partial charge in [0.2, 0.25) is 0 Å². The average molecular weight is 301 g/mol. The molecule has 1 aromatic heterocycles. The number of hydrogen-bond donors (Lipinski definition) is 2. The van der Waals surface area contributed by atoms with Crippen LogP contribution in [-0.4, -0.2) is 16.6 Å². The number of thioether (sulfide) groups is 1. The highest BCUT2D eigenvalue weighted by molar-refractivity contribution is 7.99. The molecule has 0 aliphatic heterocycles. The first-order chi connectivity index (χ1) is 10.1. The van der Waals surface area contributed by atoms with Gasteiger partial charge in [-0.05, 0) is 48.9 Å². The summed E-state index contributed by atoms with van der Waals surface area (Å²) < 4.78 is 0. The molecule has 21 heavy (non-hydrogen) atoms. The minimum Gasteiger partial charge on any atom is -0.397 e. The van der Waals surface area contributed by atoms with Crippen molar-refractivity contribution in [3.63, 3.8) is 0 Å². The highest BCUT2D eigenvalue weighted by Crippen LogP contribution is 2.27. The Balaban J connectivity index is 2.19. The number of nitrogens with two attached hydrogens (primary N) is 1. The lowest BCUT2D eigenvalue weighted by Gasteiger charge is -2.11. The van der Waals surface area contributed by atoms with Crippen molar-refractivity contribution in [2.45, 2.75) is 25.2 Å². The molecule has 0 saturated carbocycles. The summed E-state index contributed by atoms with van der Waals surface area (Å²) in [5.74, 6) is 0.800. The molecule has 0 unspecified atom stereocenters. The van der Waals surface area contributed by atoms with Gasteiger partial charge in [-0.15, -0.1) is 11.8 Å². The summed E-state index contributed by atoms with van der Waals surface area (Å²) in [6.07, 6.45) is 2.71. The molecule has 5 heteroatoms. The van der Waals surface area contributed by atoms with E-state index in [1.54, 1.807) is 18.0 Å². The molecule has 3 N–H and O–H groups in total. The molecule has 0 fully saturated rings. The van der Waals surface area contributed by atoms with Gasteiger partial charge in [-0.2, -0.15) is 0 Å². The number of nitrogen functional groups attached to an aromatic ring is 1. The van der Waals surface area contributed by atoms with Gasteiger partial charge in [0.25, 0.3) is 5.91 Å². The zero-order valence-corrected chi connectivity index (χ0v) is 13.0. The predicted octanol–water partition coefficient (Wildman–Crippen LogP) is 3.73. The molecule has 2 rings (SSSR count). The molecule has 0 atom stereocenters. The summed E-state index contributed by atoms with van der Waals surface area (Å²) in [5, 5.41) is 2.84. The average Bonchev–Trinajstić information content (AvgIpc) is 2.48. The van der Waals surface area contributed by atoms with Crippen molar-refractivity contribution in [2.75, 3.05) is 16.8 Å². The Morgan fingerprint density at radius 2 is 2.19 bits per heavy atom. The summed E-state index contributed by atoms with van der Waals surface area (Å²) in [4.78, 5) is 17.5. The van der Waals surface area contributed by atoms with Gasteiger partial charge in [0.15, 0.2) is 0 Å². The summed E-state index contributed by atoms with van der Waals surface area (Å²) in [6.45, 7) is 4.00. The van der Waals surface area contributed by atoms with Crippen molar-refractivity contribution in [1.82, 2.24) is 4.98 Å². The first-order valence-electron chi connectivity index (χ1n) is 6.87. The third kappa shape index (κ3) is 3.98. The number of aromatic nitrogens is 1. The molecule has 1 amide bonds. The summed E-state index contributed by atoms with van der Waals surface area (Å²) >= 11 is 1.75. The van der Waals surface area contributed by atoms with E-state index >= 15 is 0 Å². The summed E-state index contributed by atoms with van der Waals surface area (Å²) in [7, 11) is 0. The van der Waals surface area contributed by atoms with Gasteiger partial charge in [-0.25, -0.2) is 0 Å². The number of nitrogens with one attached hydrogen (secondary N) is 1. The van der Waals surface area contributed by atoms with Crippen molar-refractivity contribution in [3.05, 3.63) is 47.8 Å². The topological polar surface area (TPSA) is 68.0 Å². The highest BCUT2D eigenvalue weighted by Gasteiger charge is 2.12. The molecule has 2 aromatic rings. The molecule has 0 saturated heterocycles. The van der Waals surface area contributed by atoms with Gasteiger partial charge in [-0.3, -0.25) is 9.78 Å². The lowest BCUT2D eigenvalue weighted by atomic mass is 10.2. The minimum absolute atomic E-state index is 0.238. The first kappa shape index (κ1) is 15.4. The smallest absolute Gasteiger partial charge is 0.274 e. The van der Waals surface area contributed by atoms with E-state index < -0.39 is 0 Å². The molecule has 0 aliphatic rings. The molecule has 0 spiro atoms. The molecule has 4 nitrogen and oxygen atoms in total. The zero-order valence-electron chi connectivity index (χ0n) is 12.2. The zero-order chi connectivity index (χ0) is 15.2. The van der Waals surface area contributed by atoms with Crippen molar-refractivity contribution in [3.8, 4) is 0 Å². The van der Waals surface area contributed by atoms with Crippen LogP contribution in [0.4, 0.5) is 11.4 Å². The normalized spacial score (nSPS) is 10.4. The molecule has 110 valence electrons. The fourth-order valence-electron chi connectivity index (χ4n) is 1.86. The fraction of sp³-hybridized carbons (Fsp3) is 0.250. The molecular formula is C16H19N3OS. The van der Waals surface area contributed by atoms with Gasteiger partial charge in [0.05, 0.1) is 11.4 Å². The van der Waals surface area contributed by atoms with E-state index in [1.807, 2.05) is 37.3 Å². The second-order valence-electron chi connectivity index (χ2n) is 4.72. The number of hydrogen-bond acceptors (Lipinski definition) is 4. The second kappa shape index (κ2) is 7.13. The van der Waals surface area contributed by atoms with Crippen LogP contribution < -0.4 is 11.1 Å². The number of anilines is 2. The van der Waals surface area contributed by atoms with Gasteiger partial charge in [-0.1, -0.05) is 13.0 Å². The van der Waals surface area contributed by atoms with Crippen molar-refractivity contribution >= 4 is 29.0 Å². The lowest BCUT2D eigenvalue weighted by Crippen LogP contribution is -2.16. The van der Waals surface area contributed by atoms with Crippen molar-refractivity contribution in [2.24, 2.45) is 0 Å². The molecule has 0 radical (unpaired) electrons. The Morgan fingerprint density at radius 3 is 2.90 bits per heavy atom. The summed E-state index contributed by atoms with van der Waals surface area (Å²) in [6, 6.07) is 9.36. The molecule has 1 heterocycles. The van der Waals surface area contributed by atoms with Crippen LogP contribution in [0.3, 0.4) is 0 Å². The Morgan fingerprint density at radius 1 is 1.38 bits per heavy atom. The van der Waals surface area contributed by atoms with Crippen molar-refractivity contribution < 1.29 is 4.79 Å². The van der Waals surface area contributed by atoms with Crippen LogP contribution in [0.15, 0.2) is 41.4 Å². The van der Waals surface area contributed by atoms with Crippen LogP contribution in [0.2, 0.25) is 0 Å². The number of benzene rings is 1. The maximum Gasteiger partial charge on any atom is 0.274 e. The van der Waals surface area contributed by atoms with Crippen LogP contribution in [0.5, 0.6) is 0 Å². The largest absolute Gasteiger partial charge is 0.397 e. The van der Waals surface area contributed by atoms with Crippen LogP contribution in [0, 0.1) is 6.92 Å². The van der Waals surface area contributed by atoms with E-state index in [0.717, 1.165) is 22.6 Å². The van der Waals surface area contributed by atoms with Crippen molar-refractivity contribution in [1.29, 1.82) is 0 Å². The van der Waals surface area contributed by atoms with Crippen LogP contribution in [0.25, 0.3) is 0 Å². The van der Waals surface area contributed by atoms with E-state index in [9.17, 15) is 4.79 Å². The number of nitrogens with zero attached hydrogens (tertiary/aromatic N) is 1. The monoisotopic (exact) mass is 301 g/mol. The fourth-order valence-corrected chi connectivity index (χ4v) is 2.66. The first-order valence-corrected chi connectivity index (χ1v) is 7.85. The van der Waals surface area contributed by atoms with Gasteiger partial charge in [0.1, 0.15) is 5.69 Å². The maximum atomic E-state index is 12.3. The quantitative estimate of drug-likeness (QED) is 0.652. The number of carbonyl (C=O) groups is 1. The molecule has 0 aliphatic carbocycles. The third-order valence-corrected chi connectivity index (χ3v) is 4.17. The Bertz CT molecular complexity index is 643. The maximum absolute atomic E-state index is 12.3. The number of rotatable bonds is 5. The van der Waals surface area contributed by atoms with Crippen LogP contribution in [0.1, 0.15) is 29.4 Å². The number of carbonyl (C=O) groups excluding carboxylic acids is 1. The van der Waals surface area contributed by atoms with Gasteiger partial charge in [0, 0.05) is 11.1 Å². The van der Waals surface area contributed by atoms with E-state index in [2.05, 4.69) is 17.2 Å².